The van der Waals surface area contributed by atoms with Crippen LogP contribution >= 0.6 is 0 Å². The fraction of sp³-hybridized carbons (Fsp3) is 0.231. The van der Waals surface area contributed by atoms with Crippen LogP contribution in [0.4, 0.5) is 30.6 Å². The molecular weight excluding hydrogens is 285 g/mol. The number of hydrogen-bond donors (Lipinski definition) is 2. The van der Waals surface area contributed by atoms with Gasteiger partial charge in [-0.3, -0.25) is 0 Å². The van der Waals surface area contributed by atoms with Crippen LogP contribution in [0.25, 0.3) is 0 Å². The number of ether oxygens (including phenoxy) is 1. The molecule has 8 heteroatoms. The van der Waals surface area contributed by atoms with Gasteiger partial charge in [0.25, 0.3) is 0 Å². The van der Waals surface area contributed by atoms with E-state index in [-0.39, 0.29) is 5.75 Å². The van der Waals surface area contributed by atoms with Gasteiger partial charge in [0.15, 0.2) is 0 Å². The Kier molecular flexibility index (Phi) is 4.46. The molecule has 0 fully saturated rings. The first-order valence-electron chi connectivity index (χ1n) is 6.16. The van der Waals surface area contributed by atoms with Crippen molar-refractivity contribution < 1.29 is 17.9 Å². The Morgan fingerprint density at radius 1 is 1.14 bits per heavy atom. The number of aromatic nitrogens is 2. The summed E-state index contributed by atoms with van der Waals surface area (Å²) in [6.07, 6.45) is -3.11. The molecule has 1 heterocycles. The molecule has 2 aromatic rings. The van der Waals surface area contributed by atoms with Gasteiger partial charge in [-0.25, -0.2) is 4.98 Å². The Balaban J connectivity index is 2.04. The lowest BCUT2D eigenvalue weighted by atomic mass is 10.3. The minimum atomic E-state index is -4.69. The number of anilines is 3. The van der Waals surface area contributed by atoms with E-state index in [4.69, 9.17) is 0 Å². The molecule has 5 nitrogen and oxygen atoms in total. The number of benzene rings is 1. The van der Waals surface area contributed by atoms with E-state index >= 15 is 0 Å². The Bertz CT molecular complexity index is 587. The lowest BCUT2D eigenvalue weighted by molar-refractivity contribution is -0.274. The number of nitrogens with one attached hydrogen (secondary N) is 2. The molecule has 2 N–H and O–H groups in total. The van der Waals surface area contributed by atoms with Crippen molar-refractivity contribution in [3.63, 3.8) is 0 Å². The molecule has 21 heavy (non-hydrogen) atoms. The summed E-state index contributed by atoms with van der Waals surface area (Å²) in [5.74, 6) is 0.731. The minimum Gasteiger partial charge on any atom is -0.406 e. The summed E-state index contributed by atoms with van der Waals surface area (Å²) in [7, 11) is 0. The fourth-order valence-corrected chi connectivity index (χ4v) is 1.56. The zero-order chi connectivity index (χ0) is 15.3. The van der Waals surface area contributed by atoms with Gasteiger partial charge in [-0.2, -0.15) is 4.98 Å². The third-order valence-electron chi connectivity index (χ3n) is 2.35. The molecule has 1 aromatic heterocycles. The number of nitrogens with zero attached hydrogens (tertiary/aromatic N) is 2. The zero-order valence-electron chi connectivity index (χ0n) is 11.1. The van der Waals surface area contributed by atoms with E-state index in [0.29, 0.717) is 24.0 Å². The van der Waals surface area contributed by atoms with E-state index in [1.165, 1.54) is 24.3 Å². The molecule has 0 spiro atoms. The number of alkyl halides is 3. The number of halogens is 3. The van der Waals surface area contributed by atoms with Crippen molar-refractivity contribution in [3.05, 3.63) is 36.5 Å². The highest BCUT2D eigenvalue weighted by Gasteiger charge is 2.30. The van der Waals surface area contributed by atoms with Crippen LogP contribution in [-0.4, -0.2) is 22.9 Å². The van der Waals surface area contributed by atoms with E-state index in [1.807, 2.05) is 6.92 Å². The molecule has 0 saturated heterocycles. The largest absolute Gasteiger partial charge is 0.573 e. The monoisotopic (exact) mass is 298 g/mol. The molecule has 0 unspecified atom stereocenters. The van der Waals surface area contributed by atoms with Crippen LogP contribution in [-0.2, 0) is 0 Å². The normalized spacial score (nSPS) is 11.0. The average Bonchev–Trinajstić information content (AvgIpc) is 2.40. The predicted octanol–water partition coefficient (Wildman–Crippen LogP) is 3.55. The van der Waals surface area contributed by atoms with Crippen LogP contribution in [0, 0.1) is 0 Å². The number of hydrogen-bond acceptors (Lipinski definition) is 5. The van der Waals surface area contributed by atoms with E-state index in [9.17, 15) is 13.2 Å². The zero-order valence-corrected chi connectivity index (χ0v) is 11.1. The maximum Gasteiger partial charge on any atom is 0.573 e. The van der Waals surface area contributed by atoms with Gasteiger partial charge in [-0.1, -0.05) is 0 Å². The maximum absolute atomic E-state index is 12.0. The van der Waals surface area contributed by atoms with E-state index in [0.717, 1.165) is 0 Å². The van der Waals surface area contributed by atoms with Crippen molar-refractivity contribution in [2.24, 2.45) is 0 Å². The van der Waals surface area contributed by atoms with Crippen molar-refractivity contribution in [1.82, 2.24) is 9.97 Å². The van der Waals surface area contributed by atoms with E-state index in [2.05, 4.69) is 25.3 Å². The smallest absolute Gasteiger partial charge is 0.406 e. The maximum atomic E-state index is 12.0. The Labute approximate surface area is 119 Å². The quantitative estimate of drug-likeness (QED) is 0.884. The first-order valence-corrected chi connectivity index (χ1v) is 6.16. The van der Waals surface area contributed by atoms with Crippen molar-refractivity contribution in [2.75, 3.05) is 17.2 Å². The second kappa shape index (κ2) is 6.29. The molecule has 0 bridgehead atoms. The molecule has 112 valence electrons. The van der Waals surface area contributed by atoms with Gasteiger partial charge >= 0.3 is 6.36 Å². The average molecular weight is 298 g/mol. The molecular formula is C13H13F3N4O. The highest BCUT2D eigenvalue weighted by atomic mass is 19.4. The highest BCUT2D eigenvalue weighted by molar-refractivity contribution is 5.57. The Morgan fingerprint density at radius 3 is 2.48 bits per heavy atom. The summed E-state index contributed by atoms with van der Waals surface area (Å²) in [6, 6.07) is 7.04. The summed E-state index contributed by atoms with van der Waals surface area (Å²) in [5, 5.41) is 5.93. The summed E-state index contributed by atoms with van der Waals surface area (Å²) in [6.45, 7) is 2.61. The molecule has 0 aliphatic carbocycles. The molecule has 0 aliphatic rings. The molecule has 0 amide bonds. The van der Waals surface area contributed by atoms with Crippen molar-refractivity contribution in [3.8, 4) is 5.75 Å². The minimum absolute atomic E-state index is 0.274. The van der Waals surface area contributed by atoms with Crippen molar-refractivity contribution >= 4 is 17.5 Å². The molecule has 0 radical (unpaired) electrons. The van der Waals surface area contributed by atoms with Crippen LogP contribution in [0.3, 0.4) is 0 Å². The van der Waals surface area contributed by atoms with Crippen LogP contribution in [0.15, 0.2) is 36.5 Å². The predicted molar refractivity (Wildman–Crippen MR) is 72.6 cm³/mol. The van der Waals surface area contributed by atoms with Crippen LogP contribution < -0.4 is 15.4 Å². The molecule has 0 aliphatic heterocycles. The van der Waals surface area contributed by atoms with Gasteiger partial charge in [0.1, 0.15) is 11.6 Å². The van der Waals surface area contributed by atoms with Crippen LogP contribution in [0.1, 0.15) is 6.92 Å². The summed E-state index contributed by atoms with van der Waals surface area (Å²) < 4.78 is 39.9. The van der Waals surface area contributed by atoms with Gasteiger partial charge in [0.2, 0.25) is 5.95 Å². The summed E-state index contributed by atoms with van der Waals surface area (Å²) in [4.78, 5) is 8.21. The van der Waals surface area contributed by atoms with Gasteiger partial charge in [0, 0.05) is 18.4 Å². The lowest BCUT2D eigenvalue weighted by Crippen LogP contribution is -2.16. The second-order valence-electron chi connectivity index (χ2n) is 3.99. The lowest BCUT2D eigenvalue weighted by Gasteiger charge is -2.10. The SMILES string of the molecule is CCNc1nccc(Nc2ccc(OC(F)(F)F)cc2)n1. The van der Waals surface area contributed by atoms with E-state index in [1.54, 1.807) is 12.3 Å². The topological polar surface area (TPSA) is 59.1 Å². The summed E-state index contributed by atoms with van der Waals surface area (Å²) in [5.41, 5.74) is 0.589. The van der Waals surface area contributed by atoms with Crippen molar-refractivity contribution in [2.45, 2.75) is 13.3 Å². The Hall–Kier alpha value is -2.51. The van der Waals surface area contributed by atoms with Gasteiger partial charge in [-0.05, 0) is 37.3 Å². The number of rotatable bonds is 5. The first-order chi connectivity index (χ1) is 9.96. The standard InChI is InChI=1S/C13H13F3N4O/c1-2-17-12-18-8-7-11(20-12)19-9-3-5-10(6-4-9)21-13(14,15)16/h3-8H,2H2,1H3,(H2,17,18,19,20). The molecule has 1 aromatic carbocycles. The highest BCUT2D eigenvalue weighted by Crippen LogP contribution is 2.25. The van der Waals surface area contributed by atoms with Crippen molar-refractivity contribution in [1.29, 1.82) is 0 Å². The third-order valence-corrected chi connectivity index (χ3v) is 2.35. The van der Waals surface area contributed by atoms with Gasteiger partial charge in [-0.15, -0.1) is 13.2 Å². The Morgan fingerprint density at radius 2 is 1.86 bits per heavy atom. The van der Waals surface area contributed by atoms with Crippen LogP contribution in [0.2, 0.25) is 0 Å². The molecule has 0 atom stereocenters. The molecule has 0 saturated carbocycles. The molecule has 2 rings (SSSR count). The first kappa shape index (κ1) is 14.9. The van der Waals surface area contributed by atoms with Crippen LogP contribution in [0.5, 0.6) is 5.75 Å². The summed E-state index contributed by atoms with van der Waals surface area (Å²) >= 11 is 0. The van der Waals surface area contributed by atoms with E-state index < -0.39 is 6.36 Å². The second-order valence-corrected chi connectivity index (χ2v) is 3.99. The van der Waals surface area contributed by atoms with Gasteiger partial charge in [0.05, 0.1) is 0 Å². The van der Waals surface area contributed by atoms with Gasteiger partial charge < -0.3 is 15.4 Å². The fourth-order valence-electron chi connectivity index (χ4n) is 1.56. The third kappa shape index (κ3) is 4.83.